The number of halogens is 1. The lowest BCUT2D eigenvalue weighted by Crippen LogP contribution is -2.47. The van der Waals surface area contributed by atoms with Gasteiger partial charge in [0.2, 0.25) is 0 Å². The summed E-state index contributed by atoms with van der Waals surface area (Å²) in [5, 5.41) is 1.03. The van der Waals surface area contributed by atoms with Gasteiger partial charge in [0.1, 0.15) is 5.82 Å². The molecule has 2 aromatic carbocycles. The van der Waals surface area contributed by atoms with Crippen molar-refractivity contribution in [2.75, 3.05) is 43.1 Å². The third-order valence-corrected chi connectivity index (χ3v) is 5.60. The van der Waals surface area contributed by atoms with E-state index in [-0.39, 0.29) is 11.6 Å². The molecule has 1 aliphatic heterocycles. The Morgan fingerprint density at radius 1 is 0.871 bits per heavy atom. The minimum atomic E-state index is -0.341. The molecule has 4 aromatic rings. The summed E-state index contributed by atoms with van der Waals surface area (Å²) in [5.74, 6) is 1.54. The standard InChI is InChI=1S/C24H22FN5O/c1-31-22-7-6-18(16-20(22)25)29-12-14-30(15-13-29)24-19-4-2-3-5-21(19)27-23(28-24)17-8-10-26-11-9-17/h2-11,16H,12-15H2,1H3. The van der Waals surface area contributed by atoms with E-state index in [0.717, 1.165) is 54.2 Å². The van der Waals surface area contributed by atoms with Crippen molar-refractivity contribution in [1.29, 1.82) is 0 Å². The van der Waals surface area contributed by atoms with E-state index in [4.69, 9.17) is 14.7 Å². The maximum atomic E-state index is 14.1. The SMILES string of the molecule is COc1ccc(N2CCN(c3nc(-c4ccncc4)nc4ccccc34)CC2)cc1F. The number of fused-ring (bicyclic) bond motifs is 1. The Morgan fingerprint density at radius 2 is 1.61 bits per heavy atom. The number of rotatable bonds is 4. The van der Waals surface area contributed by atoms with Gasteiger partial charge in [-0.1, -0.05) is 12.1 Å². The smallest absolute Gasteiger partial charge is 0.167 e. The summed E-state index contributed by atoms with van der Waals surface area (Å²) in [6.07, 6.45) is 3.50. The zero-order valence-corrected chi connectivity index (χ0v) is 17.2. The number of anilines is 2. The maximum Gasteiger partial charge on any atom is 0.167 e. The third-order valence-electron chi connectivity index (χ3n) is 5.60. The number of benzene rings is 2. The van der Waals surface area contributed by atoms with E-state index in [0.29, 0.717) is 5.82 Å². The molecule has 0 spiro atoms. The Balaban J connectivity index is 1.43. The van der Waals surface area contributed by atoms with E-state index < -0.39 is 0 Å². The zero-order valence-electron chi connectivity index (χ0n) is 17.2. The molecule has 0 atom stereocenters. The minimum absolute atomic E-state index is 0.262. The molecule has 0 unspecified atom stereocenters. The summed E-state index contributed by atoms with van der Waals surface area (Å²) in [6.45, 7) is 3.11. The first-order chi connectivity index (χ1) is 15.2. The van der Waals surface area contributed by atoms with E-state index in [1.54, 1.807) is 18.5 Å². The van der Waals surface area contributed by atoms with Crippen molar-refractivity contribution in [1.82, 2.24) is 15.0 Å². The second-order valence-corrected chi connectivity index (χ2v) is 7.42. The molecule has 3 heterocycles. The van der Waals surface area contributed by atoms with Gasteiger partial charge in [-0.05, 0) is 36.4 Å². The number of aromatic nitrogens is 3. The number of ether oxygens (including phenoxy) is 1. The molecular weight excluding hydrogens is 393 g/mol. The first kappa shape index (κ1) is 19.2. The van der Waals surface area contributed by atoms with Gasteiger partial charge < -0.3 is 14.5 Å². The van der Waals surface area contributed by atoms with Gasteiger partial charge in [-0.2, -0.15) is 0 Å². The molecule has 0 amide bonds. The Morgan fingerprint density at radius 3 is 2.35 bits per heavy atom. The molecule has 156 valence electrons. The summed E-state index contributed by atoms with van der Waals surface area (Å²) in [7, 11) is 1.48. The highest BCUT2D eigenvalue weighted by Gasteiger charge is 2.22. The van der Waals surface area contributed by atoms with Gasteiger partial charge in [-0.3, -0.25) is 4.98 Å². The molecule has 1 saturated heterocycles. The first-order valence-electron chi connectivity index (χ1n) is 10.2. The molecule has 0 bridgehead atoms. The Labute approximate surface area is 180 Å². The van der Waals surface area contributed by atoms with Crippen molar-refractivity contribution in [3.05, 3.63) is 72.8 Å². The molecule has 0 N–H and O–H groups in total. The summed E-state index contributed by atoms with van der Waals surface area (Å²) in [4.78, 5) is 18.2. The van der Waals surface area contributed by atoms with Crippen LogP contribution in [0.3, 0.4) is 0 Å². The molecule has 7 heteroatoms. The number of piperazine rings is 1. The van der Waals surface area contributed by atoms with E-state index in [2.05, 4.69) is 20.9 Å². The van der Waals surface area contributed by atoms with Crippen molar-refractivity contribution in [3.63, 3.8) is 0 Å². The number of hydrogen-bond acceptors (Lipinski definition) is 6. The van der Waals surface area contributed by atoms with Gasteiger partial charge >= 0.3 is 0 Å². The van der Waals surface area contributed by atoms with Crippen LogP contribution in [0.15, 0.2) is 67.0 Å². The first-order valence-corrected chi connectivity index (χ1v) is 10.2. The highest BCUT2D eigenvalue weighted by Crippen LogP contribution is 2.29. The highest BCUT2D eigenvalue weighted by atomic mass is 19.1. The molecule has 0 saturated carbocycles. The van der Waals surface area contributed by atoms with Crippen molar-refractivity contribution in [2.24, 2.45) is 0 Å². The fourth-order valence-corrected chi connectivity index (χ4v) is 3.96. The van der Waals surface area contributed by atoms with E-state index in [1.807, 2.05) is 36.4 Å². The lowest BCUT2D eigenvalue weighted by atomic mass is 10.1. The molecular formula is C24H22FN5O. The van der Waals surface area contributed by atoms with Crippen LogP contribution in [0.1, 0.15) is 0 Å². The van der Waals surface area contributed by atoms with Gasteiger partial charge in [-0.15, -0.1) is 0 Å². The lowest BCUT2D eigenvalue weighted by Gasteiger charge is -2.37. The third kappa shape index (κ3) is 3.74. The number of pyridine rings is 1. The molecule has 0 aliphatic carbocycles. The predicted molar refractivity (Wildman–Crippen MR) is 120 cm³/mol. The van der Waals surface area contributed by atoms with Gasteiger partial charge in [-0.25, -0.2) is 14.4 Å². The summed E-state index contributed by atoms with van der Waals surface area (Å²) in [5.41, 5.74) is 2.72. The van der Waals surface area contributed by atoms with E-state index in [1.165, 1.54) is 13.2 Å². The Hall–Kier alpha value is -3.74. The van der Waals surface area contributed by atoms with Crippen molar-refractivity contribution in [2.45, 2.75) is 0 Å². The second-order valence-electron chi connectivity index (χ2n) is 7.42. The fraction of sp³-hybridized carbons (Fsp3) is 0.208. The molecule has 1 aliphatic rings. The Bertz CT molecular complexity index is 1210. The van der Waals surface area contributed by atoms with Gasteiger partial charge in [0.15, 0.2) is 17.4 Å². The average Bonchev–Trinajstić information content (AvgIpc) is 2.84. The second kappa shape index (κ2) is 8.18. The largest absolute Gasteiger partial charge is 0.494 e. The van der Waals surface area contributed by atoms with Crippen molar-refractivity contribution in [3.8, 4) is 17.1 Å². The number of hydrogen-bond donors (Lipinski definition) is 0. The van der Waals surface area contributed by atoms with Crippen LogP contribution in [0.4, 0.5) is 15.9 Å². The average molecular weight is 415 g/mol. The molecule has 0 radical (unpaired) electrons. The predicted octanol–water partition coefficient (Wildman–Crippen LogP) is 4.17. The number of methoxy groups -OCH3 is 1. The van der Waals surface area contributed by atoms with Gasteiger partial charge in [0.25, 0.3) is 0 Å². The fourth-order valence-electron chi connectivity index (χ4n) is 3.96. The number of nitrogens with zero attached hydrogens (tertiary/aromatic N) is 5. The van der Waals surface area contributed by atoms with Crippen LogP contribution >= 0.6 is 0 Å². The maximum absolute atomic E-state index is 14.1. The van der Waals surface area contributed by atoms with Gasteiger partial charge in [0, 0.05) is 61.3 Å². The molecule has 2 aromatic heterocycles. The lowest BCUT2D eigenvalue weighted by molar-refractivity contribution is 0.386. The van der Waals surface area contributed by atoms with E-state index in [9.17, 15) is 4.39 Å². The summed E-state index contributed by atoms with van der Waals surface area (Å²) >= 11 is 0. The molecule has 6 nitrogen and oxygen atoms in total. The van der Waals surface area contributed by atoms with Crippen LogP contribution in [0.2, 0.25) is 0 Å². The van der Waals surface area contributed by atoms with Crippen LogP contribution in [0, 0.1) is 5.82 Å². The normalized spacial score (nSPS) is 14.1. The monoisotopic (exact) mass is 415 g/mol. The highest BCUT2D eigenvalue weighted by molar-refractivity contribution is 5.91. The van der Waals surface area contributed by atoms with Crippen LogP contribution in [-0.2, 0) is 0 Å². The van der Waals surface area contributed by atoms with Gasteiger partial charge in [0.05, 0.1) is 12.6 Å². The zero-order chi connectivity index (χ0) is 21.2. The van der Waals surface area contributed by atoms with Crippen LogP contribution in [0.5, 0.6) is 5.75 Å². The van der Waals surface area contributed by atoms with Crippen LogP contribution in [0.25, 0.3) is 22.3 Å². The molecule has 31 heavy (non-hydrogen) atoms. The molecule has 5 rings (SSSR count). The molecule has 1 fully saturated rings. The van der Waals surface area contributed by atoms with Crippen molar-refractivity contribution < 1.29 is 9.13 Å². The van der Waals surface area contributed by atoms with Crippen LogP contribution in [-0.4, -0.2) is 48.2 Å². The Kier molecular flexibility index (Phi) is 5.08. The minimum Gasteiger partial charge on any atom is -0.494 e. The summed E-state index contributed by atoms with van der Waals surface area (Å²) in [6, 6.07) is 17.0. The summed E-state index contributed by atoms with van der Waals surface area (Å²) < 4.78 is 19.2. The topological polar surface area (TPSA) is 54.4 Å². The van der Waals surface area contributed by atoms with Crippen molar-refractivity contribution >= 4 is 22.4 Å². The quantitative estimate of drug-likeness (QED) is 0.499. The van der Waals surface area contributed by atoms with Crippen LogP contribution < -0.4 is 14.5 Å². The number of para-hydroxylation sites is 1. The van der Waals surface area contributed by atoms with E-state index >= 15 is 0 Å².